The van der Waals surface area contributed by atoms with E-state index < -0.39 is 6.29 Å². The van der Waals surface area contributed by atoms with Crippen LogP contribution in [0.15, 0.2) is 12.2 Å². The summed E-state index contributed by atoms with van der Waals surface area (Å²) >= 11 is 0. The Labute approximate surface area is 64.6 Å². The molecule has 0 spiro atoms. The van der Waals surface area contributed by atoms with Crippen LogP contribution in [0, 0.1) is 11.8 Å². The van der Waals surface area contributed by atoms with Crippen molar-refractivity contribution in [2.75, 3.05) is 6.61 Å². The fraction of sp³-hybridized carbons (Fsp3) is 0.750. The molecule has 0 aliphatic carbocycles. The van der Waals surface area contributed by atoms with Crippen molar-refractivity contribution in [3.8, 4) is 0 Å². The zero-order chi connectivity index (χ0) is 7.42. The summed E-state index contributed by atoms with van der Waals surface area (Å²) in [5.41, 5.74) is 0. The molecular formula is C8H10O3. The van der Waals surface area contributed by atoms with Crippen molar-refractivity contribution >= 4 is 0 Å². The normalized spacial score (nSPS) is 58.8. The summed E-state index contributed by atoms with van der Waals surface area (Å²) in [6.07, 6.45) is 3.83. The average Bonchev–Trinajstić information content (AvgIpc) is 2.60. The van der Waals surface area contributed by atoms with Gasteiger partial charge in [-0.15, -0.1) is 0 Å². The maximum atomic E-state index is 9.39. The predicted molar refractivity (Wildman–Crippen MR) is 36.7 cm³/mol. The minimum absolute atomic E-state index is 0.113. The number of aliphatic hydroxyl groups excluding tert-OH is 1. The van der Waals surface area contributed by atoms with Crippen LogP contribution >= 0.6 is 0 Å². The lowest BCUT2D eigenvalue weighted by Crippen LogP contribution is -2.27. The highest BCUT2D eigenvalue weighted by molar-refractivity contribution is 5.16. The van der Waals surface area contributed by atoms with Gasteiger partial charge in [0.2, 0.25) is 0 Å². The molecule has 3 aliphatic rings. The molecule has 5 atom stereocenters. The van der Waals surface area contributed by atoms with Gasteiger partial charge < -0.3 is 14.6 Å². The molecule has 1 unspecified atom stereocenters. The van der Waals surface area contributed by atoms with E-state index >= 15 is 0 Å². The maximum Gasteiger partial charge on any atom is 0.160 e. The number of rotatable bonds is 0. The fourth-order valence-corrected chi connectivity index (χ4v) is 2.32. The number of fused-ring (bicyclic) bond motifs is 5. The van der Waals surface area contributed by atoms with E-state index in [9.17, 15) is 5.11 Å². The quantitative estimate of drug-likeness (QED) is 0.495. The van der Waals surface area contributed by atoms with Crippen LogP contribution < -0.4 is 0 Å². The first-order valence-electron chi connectivity index (χ1n) is 4.00. The predicted octanol–water partition coefficient (Wildman–Crippen LogP) is -0.0954. The summed E-state index contributed by atoms with van der Waals surface area (Å²) < 4.78 is 10.7. The van der Waals surface area contributed by atoms with Gasteiger partial charge in [0.1, 0.15) is 0 Å². The second-order valence-electron chi connectivity index (χ2n) is 3.42. The molecule has 3 heterocycles. The fourth-order valence-electron chi connectivity index (χ4n) is 2.32. The number of hydrogen-bond acceptors (Lipinski definition) is 3. The van der Waals surface area contributed by atoms with E-state index in [2.05, 4.69) is 6.08 Å². The molecule has 2 saturated heterocycles. The molecule has 0 aromatic carbocycles. The Morgan fingerprint density at radius 1 is 1.27 bits per heavy atom. The van der Waals surface area contributed by atoms with Gasteiger partial charge >= 0.3 is 0 Å². The van der Waals surface area contributed by atoms with Crippen molar-refractivity contribution in [3.05, 3.63) is 12.2 Å². The highest BCUT2D eigenvalue weighted by atomic mass is 16.6. The molecule has 2 fully saturated rings. The van der Waals surface area contributed by atoms with E-state index in [0.29, 0.717) is 12.5 Å². The van der Waals surface area contributed by atoms with Crippen LogP contribution in [-0.4, -0.2) is 30.2 Å². The average molecular weight is 154 g/mol. The third-order valence-electron chi connectivity index (χ3n) is 2.89. The molecule has 3 aliphatic heterocycles. The summed E-state index contributed by atoms with van der Waals surface area (Å²) in [4.78, 5) is 0. The molecule has 0 radical (unpaired) electrons. The first kappa shape index (κ1) is 6.17. The third-order valence-corrected chi connectivity index (χ3v) is 2.89. The minimum Gasteiger partial charge on any atom is -0.368 e. The van der Waals surface area contributed by atoms with Gasteiger partial charge in [0.05, 0.1) is 18.8 Å². The van der Waals surface area contributed by atoms with Gasteiger partial charge in [-0.1, -0.05) is 12.2 Å². The first-order valence-corrected chi connectivity index (χ1v) is 4.00. The van der Waals surface area contributed by atoms with Gasteiger partial charge in [-0.3, -0.25) is 0 Å². The Kier molecular flexibility index (Phi) is 1.04. The van der Waals surface area contributed by atoms with Crippen LogP contribution in [0.1, 0.15) is 0 Å². The Morgan fingerprint density at radius 2 is 2.09 bits per heavy atom. The standard InChI is InChI=1S/C8H10O3/c9-8-7-4(3-10-8)5-1-2-6(7)11-5/h1-2,4-9H,3H2/t4-,5-,6+,7-,8?/m1/s1. The van der Waals surface area contributed by atoms with Crippen LogP contribution in [0.4, 0.5) is 0 Å². The largest absolute Gasteiger partial charge is 0.368 e. The molecule has 3 heteroatoms. The summed E-state index contributed by atoms with van der Waals surface area (Å²) in [6, 6.07) is 0. The van der Waals surface area contributed by atoms with Crippen LogP contribution in [0.2, 0.25) is 0 Å². The van der Waals surface area contributed by atoms with Crippen molar-refractivity contribution in [1.82, 2.24) is 0 Å². The molecule has 0 saturated carbocycles. The smallest absolute Gasteiger partial charge is 0.160 e. The van der Waals surface area contributed by atoms with Gasteiger partial charge in [0.15, 0.2) is 6.29 Å². The molecule has 3 rings (SSSR count). The number of aliphatic hydroxyl groups is 1. The van der Waals surface area contributed by atoms with Crippen LogP contribution in [0.25, 0.3) is 0 Å². The summed E-state index contributed by atoms with van der Waals surface area (Å²) in [6.45, 7) is 0.650. The van der Waals surface area contributed by atoms with Gasteiger partial charge in [-0.05, 0) is 0 Å². The second kappa shape index (κ2) is 1.86. The lowest BCUT2D eigenvalue weighted by Gasteiger charge is -2.16. The number of hydrogen-bond donors (Lipinski definition) is 1. The SMILES string of the molecule is OC1OC[C@H]2[C@@H]1[C@@H]1C=C[C@H]2O1. The first-order chi connectivity index (χ1) is 5.36. The minimum atomic E-state index is -0.597. The molecule has 3 nitrogen and oxygen atoms in total. The van der Waals surface area contributed by atoms with E-state index in [0.717, 1.165) is 0 Å². The molecule has 60 valence electrons. The van der Waals surface area contributed by atoms with Crippen LogP contribution in [-0.2, 0) is 9.47 Å². The molecule has 2 bridgehead atoms. The topological polar surface area (TPSA) is 38.7 Å². The summed E-state index contributed by atoms with van der Waals surface area (Å²) in [5, 5.41) is 9.39. The van der Waals surface area contributed by atoms with Crippen LogP contribution in [0.3, 0.4) is 0 Å². The lowest BCUT2D eigenvalue weighted by molar-refractivity contribution is -0.102. The summed E-state index contributed by atoms with van der Waals surface area (Å²) in [5.74, 6) is 0.602. The molecule has 11 heavy (non-hydrogen) atoms. The molecule has 0 aromatic heterocycles. The zero-order valence-corrected chi connectivity index (χ0v) is 6.01. The molecular weight excluding hydrogens is 144 g/mol. The van der Waals surface area contributed by atoms with E-state index in [1.807, 2.05) is 6.08 Å². The van der Waals surface area contributed by atoms with Gasteiger partial charge in [-0.2, -0.15) is 0 Å². The van der Waals surface area contributed by atoms with Crippen molar-refractivity contribution in [1.29, 1.82) is 0 Å². The van der Waals surface area contributed by atoms with E-state index in [1.54, 1.807) is 0 Å². The van der Waals surface area contributed by atoms with E-state index in [4.69, 9.17) is 9.47 Å². The molecule has 1 N–H and O–H groups in total. The summed E-state index contributed by atoms with van der Waals surface area (Å²) in [7, 11) is 0. The Bertz CT molecular complexity index is 213. The van der Waals surface area contributed by atoms with Gasteiger partial charge in [0, 0.05) is 11.8 Å². The second-order valence-corrected chi connectivity index (χ2v) is 3.42. The van der Waals surface area contributed by atoms with Crippen molar-refractivity contribution in [3.63, 3.8) is 0 Å². The van der Waals surface area contributed by atoms with E-state index in [1.165, 1.54) is 0 Å². The zero-order valence-electron chi connectivity index (χ0n) is 6.01. The molecule has 0 amide bonds. The third kappa shape index (κ3) is 0.637. The van der Waals surface area contributed by atoms with Gasteiger partial charge in [-0.25, -0.2) is 0 Å². The van der Waals surface area contributed by atoms with Crippen LogP contribution in [0.5, 0.6) is 0 Å². The van der Waals surface area contributed by atoms with Crippen molar-refractivity contribution in [2.45, 2.75) is 18.5 Å². The van der Waals surface area contributed by atoms with Crippen molar-refractivity contribution < 1.29 is 14.6 Å². The monoisotopic (exact) mass is 154 g/mol. The Hall–Kier alpha value is -0.380. The number of ether oxygens (including phenoxy) is 2. The molecule has 0 aromatic rings. The Morgan fingerprint density at radius 3 is 2.91 bits per heavy atom. The highest BCUT2D eigenvalue weighted by Crippen LogP contribution is 2.44. The van der Waals surface area contributed by atoms with Gasteiger partial charge in [0.25, 0.3) is 0 Å². The van der Waals surface area contributed by atoms with E-state index in [-0.39, 0.29) is 18.1 Å². The Balaban J connectivity index is 1.97. The maximum absolute atomic E-state index is 9.39. The highest BCUT2D eigenvalue weighted by Gasteiger charge is 2.53. The van der Waals surface area contributed by atoms with Crippen molar-refractivity contribution in [2.24, 2.45) is 11.8 Å². The lowest BCUT2D eigenvalue weighted by atomic mass is 9.85.